The maximum Gasteiger partial charge on any atom is 0.338 e. The first-order valence-electron chi connectivity index (χ1n) is 10.8. The first kappa shape index (κ1) is 23.6. The van der Waals surface area contributed by atoms with Crippen LogP contribution >= 0.6 is 11.6 Å². The molecule has 0 spiro atoms. The molecule has 1 saturated heterocycles. The summed E-state index contributed by atoms with van der Waals surface area (Å²) in [5.74, 6) is -2.02. The summed E-state index contributed by atoms with van der Waals surface area (Å²) >= 11 is 5.74. The molecule has 3 unspecified atom stereocenters. The molecule has 3 atom stereocenters. The fourth-order valence-electron chi connectivity index (χ4n) is 4.51. The summed E-state index contributed by atoms with van der Waals surface area (Å²) < 4.78 is 5.03. The fraction of sp³-hybridized carbons (Fsp3) is 0.333. The molecule has 1 saturated carbocycles. The van der Waals surface area contributed by atoms with E-state index in [1.54, 1.807) is 0 Å². The van der Waals surface area contributed by atoms with Crippen molar-refractivity contribution in [2.24, 2.45) is 17.8 Å². The zero-order chi connectivity index (χ0) is 24.6. The summed E-state index contributed by atoms with van der Waals surface area (Å²) in [6, 6.07) is 9.39. The monoisotopic (exact) mass is 484 g/mol. The van der Waals surface area contributed by atoms with E-state index in [1.165, 1.54) is 41.3 Å². The molecule has 2 aromatic rings. The minimum absolute atomic E-state index is 0.0129. The molecule has 34 heavy (non-hydrogen) atoms. The number of nitrogens with zero attached hydrogens (tertiary/aromatic N) is 2. The van der Waals surface area contributed by atoms with Crippen LogP contribution in [0.15, 0.2) is 42.5 Å². The summed E-state index contributed by atoms with van der Waals surface area (Å²) in [7, 11) is 0. The van der Waals surface area contributed by atoms with Crippen LogP contribution in [0.1, 0.15) is 46.9 Å². The number of halogens is 1. The molecule has 2 aromatic carbocycles. The Balaban J connectivity index is 1.40. The van der Waals surface area contributed by atoms with Crippen molar-refractivity contribution < 1.29 is 28.8 Å². The Morgan fingerprint density at radius 2 is 1.71 bits per heavy atom. The number of anilines is 1. The van der Waals surface area contributed by atoms with Gasteiger partial charge in [0.1, 0.15) is 5.02 Å². The van der Waals surface area contributed by atoms with Crippen LogP contribution in [0.4, 0.5) is 11.4 Å². The number of nitro benzene ring substituents is 1. The normalized spacial score (nSPS) is 21.8. The number of hydrogen-bond acceptors (Lipinski definition) is 7. The van der Waals surface area contributed by atoms with Crippen molar-refractivity contribution in [1.29, 1.82) is 0 Å². The maximum absolute atomic E-state index is 12.8. The molecule has 0 aromatic heterocycles. The van der Waals surface area contributed by atoms with Gasteiger partial charge in [0, 0.05) is 11.6 Å². The van der Waals surface area contributed by atoms with E-state index in [1.807, 2.05) is 0 Å². The summed E-state index contributed by atoms with van der Waals surface area (Å²) in [4.78, 5) is 61.8. The molecule has 1 aliphatic carbocycles. The lowest BCUT2D eigenvalue weighted by molar-refractivity contribution is -0.384. The number of rotatable bonds is 6. The third-order valence-corrected chi connectivity index (χ3v) is 6.67. The van der Waals surface area contributed by atoms with Gasteiger partial charge < -0.3 is 4.74 Å². The number of ketones is 1. The van der Waals surface area contributed by atoms with E-state index in [0.717, 1.165) is 12.5 Å². The van der Waals surface area contributed by atoms with Gasteiger partial charge >= 0.3 is 5.97 Å². The summed E-state index contributed by atoms with van der Waals surface area (Å²) in [5.41, 5.74) is 0.0813. The smallest absolute Gasteiger partial charge is 0.338 e. The van der Waals surface area contributed by atoms with Gasteiger partial charge in [0.05, 0.1) is 28.0 Å². The predicted octanol–water partition coefficient (Wildman–Crippen LogP) is 4.21. The van der Waals surface area contributed by atoms with E-state index < -0.39 is 29.0 Å². The number of hydrogen-bond donors (Lipinski definition) is 0. The highest BCUT2D eigenvalue weighted by atomic mass is 35.5. The Bertz CT molecular complexity index is 1190. The number of imide groups is 1. The Labute approximate surface area is 199 Å². The van der Waals surface area contributed by atoms with E-state index in [4.69, 9.17) is 16.3 Å². The molecule has 10 heteroatoms. The third kappa shape index (κ3) is 4.43. The highest BCUT2D eigenvalue weighted by Crippen LogP contribution is 2.42. The zero-order valence-electron chi connectivity index (χ0n) is 18.2. The summed E-state index contributed by atoms with van der Waals surface area (Å²) in [6.45, 7) is 1.46. The standard InChI is InChI=1S/C24H21ClN2O7/c1-13-2-8-17-18(10-13)23(30)26(22(17)29)16-6-3-14(4-7-16)24(31)34-12-21(28)15-5-9-19(25)20(11-15)27(32)33/h3-7,9,11,13,17-18H,2,8,10,12H2,1H3. The van der Waals surface area contributed by atoms with Crippen molar-refractivity contribution in [3.05, 3.63) is 68.7 Å². The Morgan fingerprint density at radius 1 is 1.06 bits per heavy atom. The highest BCUT2D eigenvalue weighted by Gasteiger charge is 2.49. The van der Waals surface area contributed by atoms with Crippen LogP contribution in [0.5, 0.6) is 0 Å². The average Bonchev–Trinajstić information content (AvgIpc) is 3.06. The van der Waals surface area contributed by atoms with Gasteiger partial charge in [0.2, 0.25) is 17.6 Å². The van der Waals surface area contributed by atoms with Crippen LogP contribution in [0.25, 0.3) is 0 Å². The first-order chi connectivity index (χ1) is 16.2. The predicted molar refractivity (Wildman–Crippen MR) is 122 cm³/mol. The molecule has 176 valence electrons. The molecule has 2 amide bonds. The quantitative estimate of drug-likeness (QED) is 0.198. The van der Waals surface area contributed by atoms with Crippen LogP contribution in [-0.4, -0.2) is 35.1 Å². The second-order valence-corrected chi connectivity index (χ2v) is 9.02. The van der Waals surface area contributed by atoms with Crippen molar-refractivity contribution >= 4 is 46.5 Å². The molecule has 2 fully saturated rings. The number of ether oxygens (including phenoxy) is 1. The van der Waals surface area contributed by atoms with Gasteiger partial charge in [-0.15, -0.1) is 0 Å². The topological polar surface area (TPSA) is 124 Å². The molecule has 2 aliphatic rings. The van der Waals surface area contributed by atoms with Gasteiger partial charge in [-0.1, -0.05) is 18.5 Å². The van der Waals surface area contributed by atoms with Gasteiger partial charge in [0.25, 0.3) is 5.69 Å². The van der Waals surface area contributed by atoms with E-state index in [-0.39, 0.29) is 39.8 Å². The van der Waals surface area contributed by atoms with Gasteiger partial charge in [-0.25, -0.2) is 4.79 Å². The van der Waals surface area contributed by atoms with E-state index in [9.17, 15) is 29.3 Å². The Morgan fingerprint density at radius 3 is 2.38 bits per heavy atom. The number of benzene rings is 2. The lowest BCUT2D eigenvalue weighted by Crippen LogP contribution is -2.30. The van der Waals surface area contributed by atoms with Crippen molar-refractivity contribution in [2.75, 3.05) is 11.5 Å². The van der Waals surface area contributed by atoms with Crippen LogP contribution in [-0.2, 0) is 14.3 Å². The number of nitro groups is 1. The summed E-state index contributed by atoms with van der Waals surface area (Å²) in [5, 5.41) is 10.9. The minimum atomic E-state index is -0.787. The third-order valence-electron chi connectivity index (χ3n) is 6.35. The van der Waals surface area contributed by atoms with E-state index in [2.05, 4.69) is 6.92 Å². The number of Topliss-reactive ketones (excluding diaryl/α,β-unsaturated/α-hetero) is 1. The van der Waals surface area contributed by atoms with Crippen LogP contribution in [0, 0.1) is 27.9 Å². The SMILES string of the molecule is CC1CCC2C(=O)N(c3ccc(C(=O)OCC(=O)c4ccc(Cl)c([N+](=O)[O-])c4)cc3)C(=O)C2C1. The largest absolute Gasteiger partial charge is 0.454 e. The maximum atomic E-state index is 12.8. The second-order valence-electron chi connectivity index (χ2n) is 8.61. The van der Waals surface area contributed by atoms with Crippen molar-refractivity contribution in [1.82, 2.24) is 0 Å². The van der Waals surface area contributed by atoms with Crippen molar-refractivity contribution in [3.8, 4) is 0 Å². The zero-order valence-corrected chi connectivity index (χ0v) is 19.0. The minimum Gasteiger partial charge on any atom is -0.454 e. The van der Waals surface area contributed by atoms with Gasteiger partial charge in [0.15, 0.2) is 6.61 Å². The molecule has 9 nitrogen and oxygen atoms in total. The van der Waals surface area contributed by atoms with Crippen molar-refractivity contribution in [2.45, 2.75) is 26.2 Å². The molecular weight excluding hydrogens is 464 g/mol. The van der Waals surface area contributed by atoms with E-state index in [0.29, 0.717) is 24.4 Å². The number of amides is 2. The second kappa shape index (κ2) is 9.34. The average molecular weight is 485 g/mol. The summed E-state index contributed by atoms with van der Waals surface area (Å²) in [6.07, 6.45) is 2.31. The lowest BCUT2D eigenvalue weighted by atomic mass is 9.76. The van der Waals surface area contributed by atoms with Crippen LogP contribution in [0.3, 0.4) is 0 Å². The van der Waals surface area contributed by atoms with Gasteiger partial charge in [-0.3, -0.25) is 29.4 Å². The molecule has 4 rings (SSSR count). The van der Waals surface area contributed by atoms with Crippen molar-refractivity contribution in [3.63, 3.8) is 0 Å². The number of carbonyl (C=O) groups excluding carboxylic acids is 4. The Hall–Kier alpha value is -3.59. The lowest BCUT2D eigenvalue weighted by Gasteiger charge is -2.25. The molecule has 0 N–H and O–H groups in total. The number of fused-ring (bicyclic) bond motifs is 1. The highest BCUT2D eigenvalue weighted by molar-refractivity contribution is 6.32. The number of esters is 1. The molecule has 1 aliphatic heterocycles. The first-order valence-corrected chi connectivity index (χ1v) is 11.2. The fourth-order valence-corrected chi connectivity index (χ4v) is 4.70. The van der Waals surface area contributed by atoms with Crippen LogP contribution in [0.2, 0.25) is 5.02 Å². The molecule has 0 radical (unpaired) electrons. The molecule has 0 bridgehead atoms. The van der Waals surface area contributed by atoms with E-state index >= 15 is 0 Å². The van der Waals surface area contributed by atoms with Gasteiger partial charge in [-0.2, -0.15) is 0 Å². The Kier molecular flexibility index (Phi) is 6.47. The van der Waals surface area contributed by atoms with Crippen LogP contribution < -0.4 is 4.90 Å². The van der Waals surface area contributed by atoms with Gasteiger partial charge in [-0.05, 0) is 61.6 Å². The molecule has 1 heterocycles. The number of carbonyl (C=O) groups is 4. The molecular formula is C24H21ClN2O7.